The Kier molecular flexibility index (Phi) is 6.67. The number of aliphatic carboxylic acids is 1. The zero-order chi connectivity index (χ0) is 19.2. The van der Waals surface area contributed by atoms with E-state index in [0.29, 0.717) is 5.56 Å². The number of hydrogen-bond donors (Lipinski definition) is 2. The molecule has 0 saturated heterocycles. The molecule has 0 bridgehead atoms. The standard InChI is InChI=1S/C17H22N2O6/c1-11(15(20)21)9-13(18-16(22)25-17(2,3)4)10-12-5-7-14(8-6-12)19(23)24/h5-9,13H,10H2,1-4H3,(H,18,22)(H,20,21)/b11-9+/t13-/m1/s1. The van der Waals surface area contributed by atoms with E-state index in [4.69, 9.17) is 9.84 Å². The Morgan fingerprint density at radius 1 is 1.32 bits per heavy atom. The van der Waals surface area contributed by atoms with Crippen LogP contribution in [-0.2, 0) is 16.0 Å². The van der Waals surface area contributed by atoms with Crippen LogP contribution in [0.3, 0.4) is 0 Å². The van der Waals surface area contributed by atoms with Gasteiger partial charge in [0.05, 0.1) is 11.0 Å². The molecule has 0 heterocycles. The molecule has 0 aliphatic carbocycles. The Hall–Kier alpha value is -2.90. The van der Waals surface area contributed by atoms with Crippen molar-refractivity contribution in [1.29, 1.82) is 0 Å². The first kappa shape index (κ1) is 20.1. The van der Waals surface area contributed by atoms with Gasteiger partial charge in [0, 0.05) is 17.7 Å². The molecule has 25 heavy (non-hydrogen) atoms. The number of alkyl carbamates (subject to hydrolysis) is 1. The van der Waals surface area contributed by atoms with E-state index in [1.165, 1.54) is 25.1 Å². The number of nitrogens with zero attached hydrogens (tertiary/aromatic N) is 1. The number of hydrogen-bond acceptors (Lipinski definition) is 5. The number of carboxylic acid groups (broad SMARTS) is 1. The third-order valence-corrected chi connectivity index (χ3v) is 3.09. The highest BCUT2D eigenvalue weighted by Crippen LogP contribution is 2.15. The van der Waals surface area contributed by atoms with Gasteiger partial charge in [0.1, 0.15) is 5.60 Å². The molecule has 1 amide bonds. The van der Waals surface area contributed by atoms with Gasteiger partial charge in [0.15, 0.2) is 0 Å². The lowest BCUT2D eigenvalue weighted by Gasteiger charge is -2.22. The van der Waals surface area contributed by atoms with Crippen LogP contribution in [0, 0.1) is 10.1 Å². The van der Waals surface area contributed by atoms with Crippen molar-refractivity contribution < 1.29 is 24.4 Å². The van der Waals surface area contributed by atoms with E-state index in [9.17, 15) is 19.7 Å². The second-order valence-corrected chi connectivity index (χ2v) is 6.54. The van der Waals surface area contributed by atoms with Gasteiger partial charge in [-0.05, 0) is 39.7 Å². The molecule has 1 aromatic carbocycles. The minimum atomic E-state index is -1.10. The Bertz CT molecular complexity index is 673. The van der Waals surface area contributed by atoms with Gasteiger partial charge in [0.25, 0.3) is 5.69 Å². The van der Waals surface area contributed by atoms with Crippen LogP contribution in [-0.4, -0.2) is 33.7 Å². The molecular weight excluding hydrogens is 328 g/mol. The highest BCUT2D eigenvalue weighted by Gasteiger charge is 2.20. The number of non-ortho nitro benzene ring substituents is 1. The zero-order valence-electron chi connectivity index (χ0n) is 14.6. The Labute approximate surface area is 145 Å². The molecule has 1 atom stereocenters. The maximum Gasteiger partial charge on any atom is 0.408 e. The van der Waals surface area contributed by atoms with Crippen molar-refractivity contribution in [3.8, 4) is 0 Å². The summed E-state index contributed by atoms with van der Waals surface area (Å²) >= 11 is 0. The molecule has 2 N–H and O–H groups in total. The van der Waals surface area contributed by atoms with Gasteiger partial charge in [0.2, 0.25) is 0 Å². The molecule has 1 aromatic rings. The molecule has 8 nitrogen and oxygen atoms in total. The van der Waals surface area contributed by atoms with Crippen LogP contribution in [0.2, 0.25) is 0 Å². The quantitative estimate of drug-likeness (QED) is 0.462. The first-order valence-corrected chi connectivity index (χ1v) is 7.62. The van der Waals surface area contributed by atoms with Crippen LogP contribution in [0.15, 0.2) is 35.9 Å². The number of carbonyl (C=O) groups excluding carboxylic acids is 1. The van der Waals surface area contributed by atoms with Crippen molar-refractivity contribution in [2.45, 2.75) is 45.8 Å². The number of ether oxygens (including phenoxy) is 1. The molecule has 1 rings (SSSR count). The van der Waals surface area contributed by atoms with Crippen molar-refractivity contribution in [2.75, 3.05) is 0 Å². The molecular formula is C17H22N2O6. The summed E-state index contributed by atoms with van der Waals surface area (Å²) in [7, 11) is 0. The van der Waals surface area contributed by atoms with Gasteiger partial charge in [-0.1, -0.05) is 18.2 Å². The Morgan fingerprint density at radius 3 is 2.32 bits per heavy atom. The summed E-state index contributed by atoms with van der Waals surface area (Å²) < 4.78 is 5.18. The van der Waals surface area contributed by atoms with Crippen molar-refractivity contribution in [3.05, 3.63) is 51.6 Å². The molecule has 0 unspecified atom stereocenters. The molecule has 0 saturated carbocycles. The van der Waals surface area contributed by atoms with E-state index in [-0.39, 0.29) is 17.7 Å². The second-order valence-electron chi connectivity index (χ2n) is 6.54. The first-order valence-electron chi connectivity index (χ1n) is 7.62. The third-order valence-electron chi connectivity index (χ3n) is 3.09. The number of carbonyl (C=O) groups is 2. The zero-order valence-corrected chi connectivity index (χ0v) is 14.6. The highest BCUT2D eigenvalue weighted by atomic mass is 16.6. The average molecular weight is 350 g/mol. The van der Waals surface area contributed by atoms with Crippen LogP contribution in [0.25, 0.3) is 0 Å². The summed E-state index contributed by atoms with van der Waals surface area (Å²) in [5.74, 6) is -1.10. The second kappa shape index (κ2) is 8.27. The van der Waals surface area contributed by atoms with E-state index in [0.717, 1.165) is 0 Å². The van der Waals surface area contributed by atoms with E-state index in [2.05, 4.69) is 5.32 Å². The van der Waals surface area contributed by atoms with E-state index < -0.39 is 28.6 Å². The summed E-state index contributed by atoms with van der Waals surface area (Å²) in [6.45, 7) is 6.57. The number of nitro benzene ring substituents is 1. The summed E-state index contributed by atoms with van der Waals surface area (Å²) in [6, 6.07) is 5.20. The fourth-order valence-electron chi connectivity index (χ4n) is 1.99. The molecule has 0 aliphatic rings. The highest BCUT2D eigenvalue weighted by molar-refractivity contribution is 5.86. The molecule has 0 radical (unpaired) electrons. The predicted octanol–water partition coefficient (Wildman–Crippen LogP) is 3.06. The number of nitrogens with one attached hydrogen (secondary N) is 1. The SMILES string of the molecule is C/C(=C\[C@H](Cc1ccc([N+](=O)[O-])cc1)NC(=O)OC(C)(C)C)C(=O)O. The molecule has 136 valence electrons. The minimum Gasteiger partial charge on any atom is -0.478 e. The number of rotatable bonds is 6. The molecule has 0 aliphatic heterocycles. The molecule has 0 aromatic heterocycles. The number of nitro groups is 1. The Morgan fingerprint density at radius 2 is 1.88 bits per heavy atom. The largest absolute Gasteiger partial charge is 0.478 e. The fraction of sp³-hybridized carbons (Fsp3) is 0.412. The van der Waals surface area contributed by atoms with E-state index >= 15 is 0 Å². The van der Waals surface area contributed by atoms with E-state index in [1.807, 2.05) is 0 Å². The van der Waals surface area contributed by atoms with Gasteiger partial charge >= 0.3 is 12.1 Å². The molecule has 8 heteroatoms. The van der Waals surface area contributed by atoms with Gasteiger partial charge in [-0.25, -0.2) is 9.59 Å². The van der Waals surface area contributed by atoms with Crippen LogP contribution in [0.5, 0.6) is 0 Å². The monoisotopic (exact) mass is 350 g/mol. The summed E-state index contributed by atoms with van der Waals surface area (Å²) in [6.07, 6.45) is 1.00. The minimum absolute atomic E-state index is 0.0438. The summed E-state index contributed by atoms with van der Waals surface area (Å²) in [5.41, 5.74) is 0.0508. The van der Waals surface area contributed by atoms with Gasteiger partial charge in [-0.15, -0.1) is 0 Å². The van der Waals surface area contributed by atoms with Crippen molar-refractivity contribution in [2.24, 2.45) is 0 Å². The van der Waals surface area contributed by atoms with Crippen LogP contribution < -0.4 is 5.32 Å². The maximum absolute atomic E-state index is 12.0. The summed E-state index contributed by atoms with van der Waals surface area (Å²) in [4.78, 5) is 33.2. The molecule has 0 fully saturated rings. The Balaban J connectivity index is 2.94. The average Bonchev–Trinajstić information content (AvgIpc) is 2.45. The fourth-order valence-corrected chi connectivity index (χ4v) is 1.99. The van der Waals surface area contributed by atoms with E-state index in [1.54, 1.807) is 32.9 Å². The maximum atomic E-state index is 12.0. The van der Waals surface area contributed by atoms with Crippen LogP contribution >= 0.6 is 0 Å². The van der Waals surface area contributed by atoms with Gasteiger partial charge in [-0.3, -0.25) is 10.1 Å². The van der Waals surface area contributed by atoms with Gasteiger partial charge in [-0.2, -0.15) is 0 Å². The third kappa shape index (κ3) is 7.47. The smallest absolute Gasteiger partial charge is 0.408 e. The number of benzene rings is 1. The normalized spacial score (nSPS) is 13.0. The predicted molar refractivity (Wildman–Crippen MR) is 91.4 cm³/mol. The van der Waals surface area contributed by atoms with Crippen molar-refractivity contribution in [1.82, 2.24) is 5.32 Å². The van der Waals surface area contributed by atoms with Gasteiger partial charge < -0.3 is 15.2 Å². The van der Waals surface area contributed by atoms with Crippen LogP contribution in [0.1, 0.15) is 33.3 Å². The molecule has 0 spiro atoms. The lowest BCUT2D eigenvalue weighted by atomic mass is 10.0. The number of amides is 1. The number of carboxylic acids is 1. The first-order chi connectivity index (χ1) is 11.5. The lowest BCUT2D eigenvalue weighted by molar-refractivity contribution is -0.384. The summed E-state index contributed by atoms with van der Waals surface area (Å²) in [5, 5.41) is 22.3. The van der Waals surface area contributed by atoms with Crippen LogP contribution in [0.4, 0.5) is 10.5 Å². The van der Waals surface area contributed by atoms with Crippen molar-refractivity contribution >= 4 is 17.7 Å². The topological polar surface area (TPSA) is 119 Å². The lowest BCUT2D eigenvalue weighted by Crippen LogP contribution is -2.39. The van der Waals surface area contributed by atoms with Crippen molar-refractivity contribution in [3.63, 3.8) is 0 Å².